The van der Waals surface area contributed by atoms with E-state index in [4.69, 9.17) is 23.2 Å². The lowest BCUT2D eigenvalue weighted by atomic mass is 9.49. The highest BCUT2D eigenvalue weighted by Crippen LogP contribution is 2.65. The molecule has 2 aliphatic heterocycles. The number of aromatic nitrogens is 1. The smallest absolute Gasteiger partial charge is 0.417 e. The number of aromatic hydroxyl groups is 1. The van der Waals surface area contributed by atoms with Gasteiger partial charge in [-0.25, -0.2) is 4.98 Å². The Labute approximate surface area is 288 Å². The zero-order valence-electron chi connectivity index (χ0n) is 24.2. The van der Waals surface area contributed by atoms with E-state index in [1.54, 1.807) is 30.3 Å². The number of alkyl halides is 3. The van der Waals surface area contributed by atoms with Gasteiger partial charge >= 0.3 is 6.18 Å². The molecule has 3 heterocycles. The first-order valence-corrected chi connectivity index (χ1v) is 16.1. The first-order valence-electron chi connectivity index (χ1n) is 14.5. The van der Waals surface area contributed by atoms with E-state index in [9.17, 15) is 37.9 Å². The second-order valence-corrected chi connectivity index (χ2v) is 13.9. The van der Waals surface area contributed by atoms with Gasteiger partial charge in [0.05, 0.1) is 33.8 Å². The van der Waals surface area contributed by atoms with E-state index in [1.807, 2.05) is 0 Å². The molecule has 2 saturated heterocycles. The Balaban J connectivity index is 1.46. The normalized spacial score (nSPS) is 28.3. The van der Waals surface area contributed by atoms with Crippen molar-refractivity contribution in [2.24, 2.45) is 23.7 Å². The Morgan fingerprint density at radius 2 is 1.69 bits per heavy atom. The summed E-state index contributed by atoms with van der Waals surface area (Å²) in [4.78, 5) is 59.4. The number of allylic oxidation sites excluding steroid dienone is 2. The maximum Gasteiger partial charge on any atom is 0.417 e. The molecule has 16 heteroatoms. The van der Waals surface area contributed by atoms with Crippen LogP contribution in [0.4, 0.5) is 19.0 Å². The number of carbonyl (C=O) groups excluding carboxylic acids is 4. The van der Waals surface area contributed by atoms with Crippen molar-refractivity contribution in [2.45, 2.75) is 30.4 Å². The van der Waals surface area contributed by atoms with Crippen LogP contribution in [0, 0.1) is 23.7 Å². The van der Waals surface area contributed by atoms with Gasteiger partial charge in [0.2, 0.25) is 0 Å². The van der Waals surface area contributed by atoms with Crippen LogP contribution in [-0.4, -0.2) is 49.0 Å². The van der Waals surface area contributed by atoms with E-state index in [0.29, 0.717) is 37.9 Å². The van der Waals surface area contributed by atoms with Crippen molar-refractivity contribution < 1.29 is 42.7 Å². The van der Waals surface area contributed by atoms with Crippen LogP contribution in [0.2, 0.25) is 10.0 Å². The molecule has 0 bridgehead atoms. The number of hydrogen-bond acceptors (Lipinski definition) is 8. The average molecular weight is 766 g/mol. The summed E-state index contributed by atoms with van der Waals surface area (Å²) in [6.07, 6.45) is -2.62. The van der Waals surface area contributed by atoms with Crippen LogP contribution >= 0.6 is 39.1 Å². The number of carbonyl (C=O) groups is 4. The summed E-state index contributed by atoms with van der Waals surface area (Å²) in [5, 5.41) is 22.2. The van der Waals surface area contributed by atoms with E-state index in [-0.39, 0.29) is 29.2 Å². The molecule has 1 saturated carbocycles. The molecule has 4 aliphatic rings. The molecule has 1 aromatic heterocycles. The van der Waals surface area contributed by atoms with Gasteiger partial charge in [-0.3, -0.25) is 29.8 Å². The SMILES string of the molecule is O=C1[C@H]2[C@H](CC=C3[C@H]2C[C@H]2C(=O)N(Nc4ncc(C(F)(F)F)cc4Cl)C(=O)[C@@]2(c2ccc(Cl)cc2)[C@H]3c2cc(Br)ccc2O)C(=O)N1O. The molecule has 3 fully saturated rings. The number of fused-ring (bicyclic) bond motifs is 4. The van der Waals surface area contributed by atoms with E-state index in [1.165, 1.54) is 18.2 Å². The molecule has 248 valence electrons. The summed E-state index contributed by atoms with van der Waals surface area (Å²) in [6.45, 7) is 0. The fourth-order valence-electron chi connectivity index (χ4n) is 7.87. The molecular weight excluding hydrogens is 744 g/mol. The number of rotatable bonds is 4. The number of phenols is 1. The number of halogens is 6. The maximum atomic E-state index is 15.0. The van der Waals surface area contributed by atoms with Gasteiger partial charge in [-0.1, -0.05) is 62.9 Å². The van der Waals surface area contributed by atoms with Gasteiger partial charge in [0.25, 0.3) is 23.6 Å². The molecule has 7 rings (SSSR count). The zero-order chi connectivity index (χ0) is 34.4. The lowest BCUT2D eigenvalue weighted by molar-refractivity contribution is -0.173. The number of phenolic OH excluding ortho intramolecular Hbond substituents is 1. The van der Waals surface area contributed by atoms with Crippen LogP contribution in [-0.2, 0) is 30.8 Å². The average Bonchev–Trinajstić information content (AvgIpc) is 3.39. The number of pyridine rings is 1. The van der Waals surface area contributed by atoms with Crippen molar-refractivity contribution in [3.8, 4) is 5.75 Å². The third kappa shape index (κ3) is 4.67. The highest BCUT2D eigenvalue weighted by atomic mass is 79.9. The first kappa shape index (κ1) is 32.6. The van der Waals surface area contributed by atoms with Gasteiger partial charge in [-0.15, -0.1) is 0 Å². The molecule has 6 atom stereocenters. The van der Waals surface area contributed by atoms with Crippen LogP contribution in [0.5, 0.6) is 5.75 Å². The van der Waals surface area contributed by atoms with Gasteiger partial charge < -0.3 is 5.11 Å². The van der Waals surface area contributed by atoms with Crippen molar-refractivity contribution in [3.05, 3.63) is 97.6 Å². The Hall–Kier alpha value is -3.98. The molecule has 0 spiro atoms. The number of hydrazine groups is 1. The van der Waals surface area contributed by atoms with Crippen molar-refractivity contribution in [3.63, 3.8) is 0 Å². The standard InChI is InChI=1S/C32H22BrCl2F3N4O6/c33-15-3-8-23(43)20(10-15)25-17-6-7-18-24(29(46)42(48)27(18)44)19(17)11-21-28(45)41(30(47)31(21,25)13-1-4-16(34)5-2-13)40-26-22(35)9-14(12-39-26)32(36,37)38/h1-6,8-10,12,18-19,21,24-25,43,48H,7,11H2,(H,39,40)/t18-,19+,21-,24-,25+,31+/m0/s1. The van der Waals surface area contributed by atoms with Crippen LogP contribution in [0.1, 0.15) is 35.4 Å². The fraction of sp³-hybridized carbons (Fsp3) is 0.281. The molecule has 0 unspecified atom stereocenters. The minimum atomic E-state index is -4.76. The third-order valence-corrected chi connectivity index (χ3v) is 10.9. The maximum absolute atomic E-state index is 15.0. The third-order valence-electron chi connectivity index (χ3n) is 9.83. The van der Waals surface area contributed by atoms with Gasteiger partial charge in [-0.05, 0) is 60.7 Å². The van der Waals surface area contributed by atoms with Crippen molar-refractivity contribution in [1.82, 2.24) is 15.1 Å². The molecule has 48 heavy (non-hydrogen) atoms. The van der Waals surface area contributed by atoms with Crippen molar-refractivity contribution in [1.29, 1.82) is 0 Å². The van der Waals surface area contributed by atoms with Gasteiger partial charge in [0.1, 0.15) is 5.75 Å². The van der Waals surface area contributed by atoms with E-state index in [0.717, 1.165) is 0 Å². The number of hydroxylamine groups is 2. The van der Waals surface area contributed by atoms with Gasteiger partial charge in [-0.2, -0.15) is 23.2 Å². The minimum absolute atomic E-state index is 0.0416. The predicted molar refractivity (Wildman–Crippen MR) is 166 cm³/mol. The van der Waals surface area contributed by atoms with E-state index < -0.39 is 81.2 Å². The highest BCUT2D eigenvalue weighted by molar-refractivity contribution is 9.10. The summed E-state index contributed by atoms with van der Waals surface area (Å²) in [6, 6.07) is 11.4. The number of anilines is 1. The quantitative estimate of drug-likeness (QED) is 0.161. The molecule has 0 radical (unpaired) electrons. The molecular formula is C32H22BrCl2F3N4O6. The molecule has 3 N–H and O–H groups in total. The molecule has 2 aliphatic carbocycles. The van der Waals surface area contributed by atoms with Gasteiger partial charge in [0, 0.05) is 27.2 Å². The predicted octanol–water partition coefficient (Wildman–Crippen LogP) is 6.25. The number of imide groups is 2. The van der Waals surface area contributed by atoms with Gasteiger partial charge in [0.15, 0.2) is 5.82 Å². The lowest BCUT2D eigenvalue weighted by Crippen LogP contribution is -2.53. The molecule has 2 aromatic carbocycles. The zero-order valence-corrected chi connectivity index (χ0v) is 27.3. The Bertz CT molecular complexity index is 1960. The Morgan fingerprint density at radius 1 is 0.979 bits per heavy atom. The Morgan fingerprint density at radius 3 is 2.35 bits per heavy atom. The minimum Gasteiger partial charge on any atom is -0.508 e. The number of hydrogen-bond donors (Lipinski definition) is 3. The second kappa shape index (κ2) is 11.3. The fourth-order valence-corrected chi connectivity index (χ4v) is 8.58. The number of nitrogens with one attached hydrogen (secondary N) is 1. The molecule has 3 aromatic rings. The number of benzene rings is 2. The van der Waals surface area contributed by atoms with E-state index in [2.05, 4.69) is 26.3 Å². The van der Waals surface area contributed by atoms with Crippen molar-refractivity contribution >= 4 is 68.6 Å². The summed E-state index contributed by atoms with van der Waals surface area (Å²) in [5.41, 5.74) is 0.632. The number of nitrogens with zero attached hydrogens (tertiary/aromatic N) is 3. The largest absolute Gasteiger partial charge is 0.508 e. The lowest BCUT2D eigenvalue weighted by Gasteiger charge is -2.50. The molecule has 10 nitrogen and oxygen atoms in total. The molecule has 4 amide bonds. The summed E-state index contributed by atoms with van der Waals surface area (Å²) in [7, 11) is 0. The van der Waals surface area contributed by atoms with Crippen LogP contribution in [0.15, 0.2) is 70.8 Å². The van der Waals surface area contributed by atoms with Crippen LogP contribution in [0.25, 0.3) is 0 Å². The first-order chi connectivity index (χ1) is 22.7. The van der Waals surface area contributed by atoms with Crippen LogP contribution < -0.4 is 5.43 Å². The monoisotopic (exact) mass is 764 g/mol. The number of amides is 4. The van der Waals surface area contributed by atoms with E-state index >= 15 is 4.79 Å². The summed E-state index contributed by atoms with van der Waals surface area (Å²) >= 11 is 15.8. The summed E-state index contributed by atoms with van der Waals surface area (Å²) < 4.78 is 40.5. The topological polar surface area (TPSA) is 140 Å². The Kier molecular flexibility index (Phi) is 7.66. The van der Waals surface area contributed by atoms with Crippen molar-refractivity contribution in [2.75, 3.05) is 5.43 Å². The van der Waals surface area contributed by atoms with Crippen LogP contribution in [0.3, 0.4) is 0 Å². The second-order valence-electron chi connectivity index (χ2n) is 12.1. The summed E-state index contributed by atoms with van der Waals surface area (Å²) in [5.74, 6) is -9.06. The highest BCUT2D eigenvalue weighted by Gasteiger charge is 2.70.